The Labute approximate surface area is 104 Å². The Morgan fingerprint density at radius 3 is 2.50 bits per heavy atom. The van der Waals surface area contributed by atoms with Crippen molar-refractivity contribution in [2.24, 2.45) is 11.3 Å². The van der Waals surface area contributed by atoms with Crippen LogP contribution >= 0.6 is 11.6 Å². The summed E-state index contributed by atoms with van der Waals surface area (Å²) in [6.45, 7) is 5.06. The van der Waals surface area contributed by atoms with E-state index < -0.39 is 0 Å². The third-order valence-electron chi connectivity index (χ3n) is 3.56. The second-order valence-electron chi connectivity index (χ2n) is 5.55. The van der Waals surface area contributed by atoms with Crippen molar-refractivity contribution < 1.29 is 4.79 Å². The fourth-order valence-corrected chi connectivity index (χ4v) is 2.64. The largest absolute Gasteiger partial charge is 0.356 e. The normalized spacial score (nSPS) is 19.0. The Balaban J connectivity index is 2.24. The maximum absolute atomic E-state index is 11.6. The van der Waals surface area contributed by atoms with Gasteiger partial charge in [-0.2, -0.15) is 0 Å². The molecule has 1 amide bonds. The van der Waals surface area contributed by atoms with Gasteiger partial charge in [0.2, 0.25) is 5.91 Å². The van der Waals surface area contributed by atoms with Gasteiger partial charge >= 0.3 is 0 Å². The molecule has 1 aliphatic carbocycles. The highest BCUT2D eigenvalue weighted by Crippen LogP contribution is 2.38. The lowest BCUT2D eigenvalue weighted by atomic mass is 9.88. The van der Waals surface area contributed by atoms with Gasteiger partial charge in [0, 0.05) is 24.3 Å². The van der Waals surface area contributed by atoms with Crippen LogP contribution in [0.15, 0.2) is 0 Å². The minimum atomic E-state index is 0.185. The summed E-state index contributed by atoms with van der Waals surface area (Å²) in [6, 6.07) is 0. The average molecular weight is 246 g/mol. The van der Waals surface area contributed by atoms with Crippen molar-refractivity contribution in [2.75, 3.05) is 12.4 Å². The zero-order valence-electron chi connectivity index (χ0n) is 10.5. The van der Waals surface area contributed by atoms with Crippen molar-refractivity contribution in [3.63, 3.8) is 0 Å². The highest BCUT2D eigenvalue weighted by Gasteiger charge is 2.33. The number of alkyl halides is 1. The van der Waals surface area contributed by atoms with Crippen LogP contribution < -0.4 is 5.32 Å². The molecule has 94 valence electrons. The van der Waals surface area contributed by atoms with Gasteiger partial charge in [0.15, 0.2) is 0 Å². The molecule has 2 nitrogen and oxygen atoms in total. The summed E-state index contributed by atoms with van der Waals surface area (Å²) in [5.41, 5.74) is 0.190. The van der Waals surface area contributed by atoms with Crippen molar-refractivity contribution in [3.05, 3.63) is 0 Å². The molecular formula is C13H24ClNO. The first kappa shape index (κ1) is 13.8. The Morgan fingerprint density at radius 2 is 2.00 bits per heavy atom. The maximum Gasteiger partial charge on any atom is 0.220 e. The molecule has 0 heterocycles. The molecule has 3 heteroatoms. The number of carbonyl (C=O) groups is 1. The minimum Gasteiger partial charge on any atom is -0.356 e. The van der Waals surface area contributed by atoms with Crippen LogP contribution in [-0.2, 0) is 4.79 Å². The fourth-order valence-electron chi connectivity index (χ4n) is 2.28. The molecule has 0 unspecified atom stereocenters. The maximum atomic E-state index is 11.6. The van der Waals surface area contributed by atoms with Gasteiger partial charge in [0.05, 0.1) is 0 Å². The summed E-state index contributed by atoms with van der Waals surface area (Å²) < 4.78 is 0. The van der Waals surface area contributed by atoms with Crippen LogP contribution in [0.3, 0.4) is 0 Å². The van der Waals surface area contributed by atoms with E-state index in [1.54, 1.807) is 0 Å². The number of rotatable bonds is 6. The quantitative estimate of drug-likeness (QED) is 0.715. The molecule has 1 aliphatic rings. The first-order chi connectivity index (χ1) is 7.58. The lowest BCUT2D eigenvalue weighted by Crippen LogP contribution is -2.37. The second-order valence-corrected chi connectivity index (χ2v) is 5.82. The van der Waals surface area contributed by atoms with Crippen LogP contribution in [0, 0.1) is 11.3 Å². The fraction of sp³-hybridized carbons (Fsp3) is 0.923. The predicted octanol–water partition coefficient (Wildman–Crippen LogP) is 3.34. The number of nitrogens with one attached hydrogen (secondary N) is 1. The van der Waals surface area contributed by atoms with E-state index in [1.165, 1.54) is 25.7 Å². The molecule has 1 rings (SSSR count). The van der Waals surface area contributed by atoms with Crippen LogP contribution in [0.2, 0.25) is 0 Å². The van der Waals surface area contributed by atoms with Gasteiger partial charge in [-0.1, -0.05) is 26.7 Å². The van der Waals surface area contributed by atoms with Gasteiger partial charge in [-0.05, 0) is 25.2 Å². The van der Waals surface area contributed by atoms with Crippen molar-refractivity contribution in [3.8, 4) is 0 Å². The van der Waals surface area contributed by atoms with E-state index in [2.05, 4.69) is 19.2 Å². The standard InChI is InChI=1S/C13H24ClNO/c1-11(2)5-6-12(16)15-10-13(9-14)7-3-4-8-13/h11H,3-10H2,1-2H3,(H,15,16). The Kier molecular flexibility index (Phi) is 5.60. The molecule has 16 heavy (non-hydrogen) atoms. The third-order valence-corrected chi connectivity index (χ3v) is 4.12. The lowest BCUT2D eigenvalue weighted by molar-refractivity contribution is -0.121. The SMILES string of the molecule is CC(C)CCC(=O)NCC1(CCl)CCCC1. The Hall–Kier alpha value is -0.240. The molecule has 0 aromatic carbocycles. The molecule has 0 atom stereocenters. The highest BCUT2D eigenvalue weighted by molar-refractivity contribution is 6.18. The minimum absolute atomic E-state index is 0.185. The second kappa shape index (κ2) is 6.48. The Bertz CT molecular complexity index is 222. The molecule has 1 N–H and O–H groups in total. The number of amides is 1. The summed E-state index contributed by atoms with van der Waals surface area (Å²) >= 11 is 6.02. The number of carbonyl (C=O) groups excluding carboxylic acids is 1. The molecule has 0 aromatic heterocycles. The van der Waals surface area contributed by atoms with Crippen molar-refractivity contribution in [2.45, 2.75) is 52.4 Å². The third kappa shape index (κ3) is 4.32. The first-order valence-corrected chi connectivity index (χ1v) is 6.94. The van der Waals surface area contributed by atoms with E-state index in [0.29, 0.717) is 18.2 Å². The van der Waals surface area contributed by atoms with Gasteiger partial charge < -0.3 is 5.32 Å². The topological polar surface area (TPSA) is 29.1 Å². The van der Waals surface area contributed by atoms with E-state index in [4.69, 9.17) is 11.6 Å². The highest BCUT2D eigenvalue weighted by atomic mass is 35.5. The molecule has 1 saturated carbocycles. The van der Waals surface area contributed by atoms with E-state index in [9.17, 15) is 4.79 Å². The van der Waals surface area contributed by atoms with Crippen molar-refractivity contribution >= 4 is 17.5 Å². The molecule has 0 saturated heterocycles. The van der Waals surface area contributed by atoms with Gasteiger partial charge in [-0.3, -0.25) is 4.79 Å². The predicted molar refractivity (Wildman–Crippen MR) is 68.7 cm³/mol. The van der Waals surface area contributed by atoms with Gasteiger partial charge in [-0.25, -0.2) is 0 Å². The molecule has 0 spiro atoms. The van der Waals surface area contributed by atoms with Crippen LogP contribution in [-0.4, -0.2) is 18.3 Å². The summed E-state index contributed by atoms with van der Waals surface area (Å²) in [5, 5.41) is 3.05. The van der Waals surface area contributed by atoms with Gasteiger partial charge in [0.25, 0.3) is 0 Å². The molecule has 0 aromatic rings. The first-order valence-electron chi connectivity index (χ1n) is 6.41. The monoisotopic (exact) mass is 245 g/mol. The molecule has 1 fully saturated rings. The molecule has 0 aliphatic heterocycles. The zero-order chi connectivity index (χ0) is 12.0. The lowest BCUT2D eigenvalue weighted by Gasteiger charge is -2.26. The van der Waals surface area contributed by atoms with Crippen LogP contribution in [0.25, 0.3) is 0 Å². The summed E-state index contributed by atoms with van der Waals surface area (Å²) in [6.07, 6.45) is 6.47. The van der Waals surface area contributed by atoms with E-state index in [1.807, 2.05) is 0 Å². The molecule has 0 radical (unpaired) electrons. The van der Waals surface area contributed by atoms with Crippen LogP contribution in [0.1, 0.15) is 52.4 Å². The van der Waals surface area contributed by atoms with Crippen LogP contribution in [0.5, 0.6) is 0 Å². The van der Waals surface area contributed by atoms with Crippen LogP contribution in [0.4, 0.5) is 0 Å². The Morgan fingerprint density at radius 1 is 1.38 bits per heavy atom. The van der Waals surface area contributed by atoms with Gasteiger partial charge in [-0.15, -0.1) is 11.6 Å². The van der Waals surface area contributed by atoms with Crippen molar-refractivity contribution in [1.82, 2.24) is 5.32 Å². The summed E-state index contributed by atoms with van der Waals surface area (Å²) in [4.78, 5) is 11.6. The van der Waals surface area contributed by atoms with Gasteiger partial charge in [0.1, 0.15) is 0 Å². The van der Waals surface area contributed by atoms with Crippen molar-refractivity contribution in [1.29, 1.82) is 0 Å². The smallest absolute Gasteiger partial charge is 0.220 e. The summed E-state index contributed by atoms with van der Waals surface area (Å²) in [7, 11) is 0. The van der Waals surface area contributed by atoms with E-state index >= 15 is 0 Å². The number of hydrogen-bond donors (Lipinski definition) is 1. The van der Waals surface area contributed by atoms with E-state index in [-0.39, 0.29) is 11.3 Å². The number of halogens is 1. The molecular weight excluding hydrogens is 222 g/mol. The zero-order valence-corrected chi connectivity index (χ0v) is 11.3. The van der Waals surface area contributed by atoms with E-state index in [0.717, 1.165) is 13.0 Å². The number of hydrogen-bond acceptors (Lipinski definition) is 1. The molecule has 0 bridgehead atoms. The average Bonchev–Trinajstić information content (AvgIpc) is 2.73. The summed E-state index contributed by atoms with van der Waals surface area (Å²) in [5.74, 6) is 1.46.